The number of aliphatic hydroxyl groups is 1. The minimum atomic E-state index is -0.391. The van der Waals surface area contributed by atoms with Crippen molar-refractivity contribution in [2.24, 2.45) is 5.73 Å². The first kappa shape index (κ1) is 13.4. The molecule has 1 rings (SSSR count). The fourth-order valence-corrected chi connectivity index (χ4v) is 2.07. The van der Waals surface area contributed by atoms with E-state index in [4.69, 9.17) is 10.5 Å². The van der Waals surface area contributed by atoms with Crippen molar-refractivity contribution in [3.63, 3.8) is 0 Å². The van der Waals surface area contributed by atoms with Gasteiger partial charge in [0, 0.05) is 13.6 Å². The van der Waals surface area contributed by atoms with Gasteiger partial charge in [-0.2, -0.15) is 0 Å². The summed E-state index contributed by atoms with van der Waals surface area (Å²) < 4.78 is 5.09. The maximum atomic E-state index is 11.7. The number of hydrogen-bond donors (Lipinski definition) is 2. The Morgan fingerprint density at radius 1 is 1.50 bits per heavy atom. The van der Waals surface area contributed by atoms with Crippen molar-refractivity contribution in [2.75, 3.05) is 26.8 Å². The van der Waals surface area contributed by atoms with E-state index in [0.717, 1.165) is 25.7 Å². The molecule has 0 aliphatic heterocycles. The monoisotopic (exact) mass is 230 g/mol. The van der Waals surface area contributed by atoms with Crippen LogP contribution in [0.1, 0.15) is 25.7 Å². The van der Waals surface area contributed by atoms with Crippen LogP contribution >= 0.6 is 0 Å². The van der Waals surface area contributed by atoms with Gasteiger partial charge in [-0.25, -0.2) is 0 Å². The third kappa shape index (κ3) is 3.73. The average Bonchev–Trinajstić information content (AvgIpc) is 2.29. The third-order valence-corrected chi connectivity index (χ3v) is 3.07. The smallest absolute Gasteiger partial charge is 0.248 e. The molecule has 1 fully saturated rings. The zero-order valence-corrected chi connectivity index (χ0v) is 9.89. The van der Waals surface area contributed by atoms with Gasteiger partial charge >= 0.3 is 0 Å². The lowest BCUT2D eigenvalue weighted by Gasteiger charge is -2.35. The van der Waals surface area contributed by atoms with Crippen LogP contribution in [0.2, 0.25) is 0 Å². The van der Waals surface area contributed by atoms with Gasteiger partial charge in [-0.15, -0.1) is 0 Å². The lowest BCUT2D eigenvalue weighted by Crippen LogP contribution is -2.47. The molecule has 1 amide bonds. The van der Waals surface area contributed by atoms with Crippen molar-refractivity contribution < 1.29 is 14.6 Å². The van der Waals surface area contributed by atoms with Crippen LogP contribution in [-0.4, -0.2) is 54.9 Å². The molecule has 1 aliphatic carbocycles. The second kappa shape index (κ2) is 6.83. The van der Waals surface area contributed by atoms with Gasteiger partial charge in [0.05, 0.1) is 18.8 Å². The normalized spacial score (nSPS) is 25.4. The third-order valence-electron chi connectivity index (χ3n) is 3.07. The molecular weight excluding hydrogens is 208 g/mol. The number of hydrogen-bond acceptors (Lipinski definition) is 4. The minimum absolute atomic E-state index is 0.0525. The molecule has 16 heavy (non-hydrogen) atoms. The number of nitrogens with two attached hydrogens (primary N) is 1. The van der Waals surface area contributed by atoms with Crippen molar-refractivity contribution in [3.8, 4) is 0 Å². The van der Waals surface area contributed by atoms with E-state index in [1.807, 2.05) is 0 Å². The van der Waals surface area contributed by atoms with E-state index < -0.39 is 6.10 Å². The molecule has 0 aromatic carbocycles. The van der Waals surface area contributed by atoms with E-state index in [9.17, 15) is 9.90 Å². The van der Waals surface area contributed by atoms with E-state index in [1.54, 1.807) is 11.9 Å². The molecule has 2 unspecified atom stereocenters. The summed E-state index contributed by atoms with van der Waals surface area (Å²) in [5.74, 6) is -0.0839. The Morgan fingerprint density at radius 3 is 2.81 bits per heavy atom. The highest BCUT2D eigenvalue weighted by Gasteiger charge is 2.29. The Labute approximate surface area is 96.6 Å². The van der Waals surface area contributed by atoms with Crippen LogP contribution in [0.25, 0.3) is 0 Å². The van der Waals surface area contributed by atoms with Gasteiger partial charge in [0.1, 0.15) is 6.61 Å². The van der Waals surface area contributed by atoms with Crippen molar-refractivity contribution in [1.82, 2.24) is 4.90 Å². The zero-order valence-electron chi connectivity index (χ0n) is 9.89. The second-order valence-electron chi connectivity index (χ2n) is 4.27. The summed E-state index contributed by atoms with van der Waals surface area (Å²) in [6.45, 7) is 0.868. The molecule has 0 spiro atoms. The molecule has 0 radical (unpaired) electrons. The number of amides is 1. The van der Waals surface area contributed by atoms with Gasteiger partial charge < -0.3 is 20.5 Å². The zero-order chi connectivity index (χ0) is 12.0. The van der Waals surface area contributed by atoms with Crippen molar-refractivity contribution >= 4 is 5.91 Å². The molecule has 0 saturated heterocycles. The standard InChI is InChI=1S/C11H22N2O3/c1-13(11(15)8-16-7-6-12)9-4-2-3-5-10(9)14/h9-10,14H,2-8,12H2,1H3. The van der Waals surface area contributed by atoms with Gasteiger partial charge in [-0.05, 0) is 12.8 Å². The lowest BCUT2D eigenvalue weighted by molar-refractivity contribution is -0.140. The lowest BCUT2D eigenvalue weighted by atomic mass is 9.91. The molecular formula is C11H22N2O3. The topological polar surface area (TPSA) is 75.8 Å². The predicted octanol–water partition coefficient (Wildman–Crippen LogP) is -0.276. The van der Waals surface area contributed by atoms with Crippen LogP contribution < -0.4 is 5.73 Å². The number of likely N-dealkylation sites (N-methyl/N-ethyl adjacent to an activating group) is 1. The average molecular weight is 230 g/mol. The highest BCUT2D eigenvalue weighted by Crippen LogP contribution is 2.22. The summed E-state index contributed by atoms with van der Waals surface area (Å²) in [5.41, 5.74) is 5.27. The quantitative estimate of drug-likeness (QED) is 0.637. The van der Waals surface area contributed by atoms with Gasteiger partial charge in [-0.3, -0.25) is 4.79 Å². The summed E-state index contributed by atoms with van der Waals surface area (Å²) in [5, 5.41) is 9.81. The van der Waals surface area contributed by atoms with Gasteiger partial charge in [0.15, 0.2) is 0 Å². The van der Waals surface area contributed by atoms with Crippen LogP contribution in [0.15, 0.2) is 0 Å². The van der Waals surface area contributed by atoms with E-state index in [1.165, 1.54) is 0 Å². The Balaban J connectivity index is 2.36. The van der Waals surface area contributed by atoms with E-state index >= 15 is 0 Å². The minimum Gasteiger partial charge on any atom is -0.391 e. The molecule has 0 bridgehead atoms. The summed E-state index contributed by atoms with van der Waals surface area (Å²) in [6.07, 6.45) is 3.38. The van der Waals surface area contributed by atoms with Crippen molar-refractivity contribution in [3.05, 3.63) is 0 Å². The molecule has 94 valence electrons. The molecule has 5 nitrogen and oxygen atoms in total. The first-order valence-electron chi connectivity index (χ1n) is 5.88. The number of carbonyl (C=O) groups excluding carboxylic acids is 1. The molecule has 2 atom stereocenters. The van der Waals surface area contributed by atoms with Gasteiger partial charge in [0.2, 0.25) is 5.91 Å². The summed E-state index contributed by atoms with van der Waals surface area (Å²) in [7, 11) is 1.73. The number of ether oxygens (including phenoxy) is 1. The molecule has 3 N–H and O–H groups in total. The number of aliphatic hydroxyl groups excluding tert-OH is 1. The van der Waals surface area contributed by atoms with E-state index in [-0.39, 0.29) is 18.6 Å². The number of carbonyl (C=O) groups is 1. The maximum Gasteiger partial charge on any atom is 0.248 e. The van der Waals surface area contributed by atoms with Crippen LogP contribution in [0.5, 0.6) is 0 Å². The van der Waals surface area contributed by atoms with Crippen LogP contribution in [0, 0.1) is 0 Å². The Morgan fingerprint density at radius 2 is 2.19 bits per heavy atom. The number of nitrogens with zero attached hydrogens (tertiary/aromatic N) is 1. The summed E-state index contributed by atoms with van der Waals surface area (Å²) in [6, 6.07) is -0.0530. The van der Waals surface area contributed by atoms with Gasteiger partial charge in [-0.1, -0.05) is 12.8 Å². The number of rotatable bonds is 5. The van der Waals surface area contributed by atoms with Gasteiger partial charge in [0.25, 0.3) is 0 Å². The molecule has 1 aliphatic rings. The fourth-order valence-electron chi connectivity index (χ4n) is 2.07. The van der Waals surface area contributed by atoms with Crippen molar-refractivity contribution in [2.45, 2.75) is 37.8 Å². The highest BCUT2D eigenvalue weighted by atomic mass is 16.5. The molecule has 0 aromatic rings. The van der Waals surface area contributed by atoms with E-state index in [2.05, 4.69) is 0 Å². The summed E-state index contributed by atoms with van der Waals surface area (Å²) >= 11 is 0. The summed E-state index contributed by atoms with van der Waals surface area (Å²) in [4.78, 5) is 13.3. The van der Waals surface area contributed by atoms with E-state index in [0.29, 0.717) is 13.2 Å². The Bertz CT molecular complexity index is 223. The molecule has 0 aromatic heterocycles. The molecule has 1 saturated carbocycles. The largest absolute Gasteiger partial charge is 0.391 e. The Kier molecular flexibility index (Phi) is 5.73. The van der Waals surface area contributed by atoms with Crippen LogP contribution in [0.3, 0.4) is 0 Å². The van der Waals surface area contributed by atoms with Crippen molar-refractivity contribution in [1.29, 1.82) is 0 Å². The maximum absolute atomic E-state index is 11.7. The highest BCUT2D eigenvalue weighted by molar-refractivity contribution is 5.77. The first-order valence-corrected chi connectivity index (χ1v) is 5.88. The second-order valence-corrected chi connectivity index (χ2v) is 4.27. The molecule has 0 heterocycles. The SMILES string of the molecule is CN(C(=O)COCCN)C1CCCCC1O. The fraction of sp³-hybridized carbons (Fsp3) is 0.909. The predicted molar refractivity (Wildman–Crippen MR) is 60.9 cm³/mol. The first-order chi connectivity index (χ1) is 7.66. The van der Waals surface area contributed by atoms with Crippen LogP contribution in [-0.2, 0) is 9.53 Å². The Hall–Kier alpha value is -0.650. The van der Waals surface area contributed by atoms with Crippen LogP contribution in [0.4, 0.5) is 0 Å². The molecule has 5 heteroatoms.